The highest BCUT2D eigenvalue weighted by molar-refractivity contribution is 6.31. The van der Waals surface area contributed by atoms with Gasteiger partial charge in [0.25, 0.3) is 0 Å². The van der Waals surface area contributed by atoms with Crippen molar-refractivity contribution in [2.24, 2.45) is 5.73 Å². The number of pyridine rings is 1. The Morgan fingerprint density at radius 3 is 2.79 bits per heavy atom. The molecule has 19 heavy (non-hydrogen) atoms. The zero-order valence-electron chi connectivity index (χ0n) is 10.4. The van der Waals surface area contributed by atoms with Crippen molar-refractivity contribution in [1.82, 2.24) is 4.98 Å². The van der Waals surface area contributed by atoms with Crippen LogP contribution in [0.4, 0.5) is 0 Å². The SMILES string of the molecule is COc1ccc(Cl)cc1CC(N)c1ncccc1Cl. The van der Waals surface area contributed by atoms with Gasteiger partial charge in [0.2, 0.25) is 0 Å². The van der Waals surface area contributed by atoms with Crippen LogP contribution in [0.2, 0.25) is 10.0 Å². The molecule has 2 N–H and O–H groups in total. The molecular formula is C14H14Cl2N2O. The van der Waals surface area contributed by atoms with Gasteiger partial charge < -0.3 is 10.5 Å². The van der Waals surface area contributed by atoms with Crippen LogP contribution in [-0.4, -0.2) is 12.1 Å². The molecule has 100 valence electrons. The van der Waals surface area contributed by atoms with E-state index >= 15 is 0 Å². The first-order valence-electron chi connectivity index (χ1n) is 5.80. The van der Waals surface area contributed by atoms with Crippen molar-refractivity contribution < 1.29 is 4.74 Å². The molecule has 1 heterocycles. The van der Waals surface area contributed by atoms with E-state index in [1.54, 1.807) is 31.5 Å². The van der Waals surface area contributed by atoms with E-state index in [0.29, 0.717) is 22.2 Å². The first-order chi connectivity index (χ1) is 9.11. The van der Waals surface area contributed by atoms with Crippen molar-refractivity contribution in [2.45, 2.75) is 12.5 Å². The molecule has 0 saturated heterocycles. The van der Waals surface area contributed by atoms with Crippen LogP contribution in [0.1, 0.15) is 17.3 Å². The molecule has 3 nitrogen and oxygen atoms in total. The lowest BCUT2D eigenvalue weighted by atomic mass is 10.0. The third-order valence-electron chi connectivity index (χ3n) is 2.82. The van der Waals surface area contributed by atoms with Crippen molar-refractivity contribution in [3.8, 4) is 5.75 Å². The summed E-state index contributed by atoms with van der Waals surface area (Å²) in [7, 11) is 1.62. The van der Waals surface area contributed by atoms with Gasteiger partial charge in [-0.15, -0.1) is 0 Å². The normalized spacial score (nSPS) is 12.2. The molecule has 0 aliphatic rings. The van der Waals surface area contributed by atoms with Gasteiger partial charge in [0, 0.05) is 11.2 Å². The van der Waals surface area contributed by atoms with Gasteiger partial charge >= 0.3 is 0 Å². The van der Waals surface area contributed by atoms with Gasteiger partial charge in [0.05, 0.1) is 23.9 Å². The van der Waals surface area contributed by atoms with Gasteiger partial charge in [-0.2, -0.15) is 0 Å². The molecule has 0 bridgehead atoms. The standard InChI is InChI=1S/C14H14Cl2N2O/c1-19-13-5-4-10(15)7-9(13)8-12(17)14-11(16)3-2-6-18-14/h2-7,12H,8,17H2,1H3. The number of halogens is 2. The molecule has 0 radical (unpaired) electrons. The largest absolute Gasteiger partial charge is 0.496 e. The maximum Gasteiger partial charge on any atom is 0.122 e. The van der Waals surface area contributed by atoms with E-state index in [2.05, 4.69) is 4.98 Å². The Hall–Kier alpha value is -1.29. The van der Waals surface area contributed by atoms with Crippen LogP contribution < -0.4 is 10.5 Å². The smallest absolute Gasteiger partial charge is 0.122 e. The number of aromatic nitrogens is 1. The van der Waals surface area contributed by atoms with E-state index < -0.39 is 0 Å². The fourth-order valence-corrected chi connectivity index (χ4v) is 2.37. The summed E-state index contributed by atoms with van der Waals surface area (Å²) in [5.74, 6) is 0.756. The maximum atomic E-state index is 6.16. The van der Waals surface area contributed by atoms with Crippen LogP contribution in [-0.2, 0) is 6.42 Å². The molecular weight excluding hydrogens is 283 g/mol. The Balaban J connectivity index is 2.26. The Labute approximate surface area is 122 Å². The van der Waals surface area contributed by atoms with Gasteiger partial charge in [-0.25, -0.2) is 0 Å². The molecule has 1 aromatic carbocycles. The zero-order chi connectivity index (χ0) is 13.8. The fourth-order valence-electron chi connectivity index (χ4n) is 1.91. The van der Waals surface area contributed by atoms with E-state index in [-0.39, 0.29) is 6.04 Å². The Kier molecular flexibility index (Phi) is 4.64. The number of methoxy groups -OCH3 is 1. The van der Waals surface area contributed by atoms with Crippen molar-refractivity contribution in [3.05, 3.63) is 57.8 Å². The highest BCUT2D eigenvalue weighted by Crippen LogP contribution is 2.28. The molecule has 0 aliphatic heterocycles. The van der Waals surface area contributed by atoms with Crippen LogP contribution >= 0.6 is 23.2 Å². The summed E-state index contributed by atoms with van der Waals surface area (Å²) in [6.07, 6.45) is 2.23. The summed E-state index contributed by atoms with van der Waals surface area (Å²) in [6, 6.07) is 8.70. The lowest BCUT2D eigenvalue weighted by Gasteiger charge is -2.15. The van der Waals surface area contributed by atoms with Gasteiger partial charge in [-0.3, -0.25) is 4.98 Å². The molecule has 2 aromatic rings. The summed E-state index contributed by atoms with van der Waals surface area (Å²) in [6.45, 7) is 0. The first-order valence-corrected chi connectivity index (χ1v) is 6.56. The molecule has 0 aliphatic carbocycles. The number of hydrogen-bond donors (Lipinski definition) is 1. The fraction of sp³-hybridized carbons (Fsp3) is 0.214. The number of hydrogen-bond acceptors (Lipinski definition) is 3. The predicted octanol–water partition coefficient (Wildman–Crippen LogP) is 3.64. The minimum Gasteiger partial charge on any atom is -0.496 e. The Morgan fingerprint density at radius 1 is 1.32 bits per heavy atom. The monoisotopic (exact) mass is 296 g/mol. The lowest BCUT2D eigenvalue weighted by molar-refractivity contribution is 0.408. The van der Waals surface area contributed by atoms with E-state index in [9.17, 15) is 0 Å². The second-order valence-corrected chi connectivity index (χ2v) is 4.98. The van der Waals surface area contributed by atoms with Crippen molar-refractivity contribution >= 4 is 23.2 Å². The Morgan fingerprint density at radius 2 is 2.11 bits per heavy atom. The molecule has 1 aromatic heterocycles. The van der Waals surface area contributed by atoms with E-state index in [1.807, 2.05) is 12.1 Å². The summed E-state index contributed by atoms with van der Waals surface area (Å²) in [4.78, 5) is 4.22. The molecule has 1 unspecified atom stereocenters. The Bertz CT molecular complexity index is 575. The molecule has 0 spiro atoms. The van der Waals surface area contributed by atoms with E-state index in [0.717, 1.165) is 11.3 Å². The minimum absolute atomic E-state index is 0.305. The predicted molar refractivity (Wildman–Crippen MR) is 77.9 cm³/mol. The summed E-state index contributed by atoms with van der Waals surface area (Å²) < 4.78 is 5.30. The topological polar surface area (TPSA) is 48.1 Å². The molecule has 2 rings (SSSR count). The van der Waals surface area contributed by atoms with Gasteiger partial charge in [-0.1, -0.05) is 23.2 Å². The third kappa shape index (κ3) is 3.38. The van der Waals surface area contributed by atoms with Gasteiger partial charge in [0.1, 0.15) is 5.75 Å². The molecule has 0 fully saturated rings. The molecule has 0 saturated carbocycles. The minimum atomic E-state index is -0.305. The second kappa shape index (κ2) is 6.24. The zero-order valence-corrected chi connectivity index (χ0v) is 11.9. The third-order valence-corrected chi connectivity index (χ3v) is 3.38. The number of ether oxygens (including phenoxy) is 1. The lowest BCUT2D eigenvalue weighted by Crippen LogP contribution is -2.15. The average molecular weight is 297 g/mol. The van der Waals surface area contributed by atoms with Crippen LogP contribution in [0.25, 0.3) is 0 Å². The average Bonchev–Trinajstić information content (AvgIpc) is 2.39. The summed E-state index contributed by atoms with van der Waals surface area (Å²) in [5, 5.41) is 1.21. The van der Waals surface area contributed by atoms with Gasteiger partial charge in [0.15, 0.2) is 0 Å². The summed E-state index contributed by atoms with van der Waals surface area (Å²) in [5.41, 5.74) is 7.76. The van der Waals surface area contributed by atoms with Crippen molar-refractivity contribution in [1.29, 1.82) is 0 Å². The van der Waals surface area contributed by atoms with Crippen LogP contribution in [0.5, 0.6) is 5.75 Å². The van der Waals surface area contributed by atoms with Crippen molar-refractivity contribution in [2.75, 3.05) is 7.11 Å². The number of rotatable bonds is 4. The number of benzene rings is 1. The molecule has 5 heteroatoms. The van der Waals surface area contributed by atoms with Gasteiger partial charge in [-0.05, 0) is 42.3 Å². The van der Waals surface area contributed by atoms with Crippen LogP contribution in [0.3, 0.4) is 0 Å². The summed E-state index contributed by atoms with van der Waals surface area (Å²) >= 11 is 12.1. The maximum absolute atomic E-state index is 6.16. The van der Waals surface area contributed by atoms with E-state index in [1.165, 1.54) is 0 Å². The molecule has 1 atom stereocenters. The molecule has 0 amide bonds. The van der Waals surface area contributed by atoms with Crippen LogP contribution in [0.15, 0.2) is 36.5 Å². The highest BCUT2D eigenvalue weighted by Gasteiger charge is 2.15. The number of nitrogens with zero attached hydrogens (tertiary/aromatic N) is 1. The van der Waals surface area contributed by atoms with E-state index in [4.69, 9.17) is 33.7 Å². The number of nitrogens with two attached hydrogens (primary N) is 1. The first kappa shape index (κ1) is 14.1. The second-order valence-electron chi connectivity index (χ2n) is 4.14. The highest BCUT2D eigenvalue weighted by atomic mass is 35.5. The van der Waals surface area contributed by atoms with Crippen molar-refractivity contribution in [3.63, 3.8) is 0 Å². The van der Waals surface area contributed by atoms with Crippen LogP contribution in [0, 0.1) is 0 Å². The quantitative estimate of drug-likeness (QED) is 0.937.